The molecule has 0 fully saturated rings. The van der Waals surface area contributed by atoms with Gasteiger partial charge in [0.2, 0.25) is 5.91 Å². The van der Waals surface area contributed by atoms with E-state index in [1.54, 1.807) is 37.4 Å². The van der Waals surface area contributed by atoms with E-state index in [1.165, 1.54) is 4.31 Å². The van der Waals surface area contributed by atoms with E-state index in [9.17, 15) is 13.2 Å². The lowest BCUT2D eigenvalue weighted by Gasteiger charge is -2.32. The van der Waals surface area contributed by atoms with Gasteiger partial charge < -0.3 is 10.1 Å². The van der Waals surface area contributed by atoms with Crippen molar-refractivity contribution < 1.29 is 17.9 Å². The molecule has 31 heavy (non-hydrogen) atoms. The Labute approximate surface area is 182 Å². The number of benzene rings is 3. The number of hydrogen-bond acceptors (Lipinski definition) is 4. The van der Waals surface area contributed by atoms with E-state index in [0.29, 0.717) is 17.7 Å². The molecule has 4 rings (SSSR count). The number of methoxy groups -OCH3 is 1. The maximum absolute atomic E-state index is 13.3. The fourth-order valence-electron chi connectivity index (χ4n) is 3.88. The first kappa shape index (κ1) is 20.9. The molecule has 7 heteroatoms. The van der Waals surface area contributed by atoms with Crippen molar-refractivity contribution in [1.29, 1.82) is 0 Å². The summed E-state index contributed by atoms with van der Waals surface area (Å²) < 4.78 is 33.0. The van der Waals surface area contributed by atoms with Gasteiger partial charge in [-0.3, -0.25) is 9.10 Å². The number of nitrogens with one attached hydrogen (secondary N) is 1. The average Bonchev–Trinajstić information content (AvgIpc) is 2.80. The number of amides is 1. The second kappa shape index (κ2) is 8.43. The first-order valence-electron chi connectivity index (χ1n) is 10.1. The first-order chi connectivity index (χ1) is 15.0. The summed E-state index contributed by atoms with van der Waals surface area (Å²) in [4.78, 5) is 13.2. The number of para-hydroxylation sites is 1. The lowest BCUT2D eigenvalue weighted by Crippen LogP contribution is -2.43. The monoisotopic (exact) mass is 436 g/mol. The highest BCUT2D eigenvalue weighted by molar-refractivity contribution is 7.93. The third-order valence-electron chi connectivity index (χ3n) is 5.47. The Kier molecular flexibility index (Phi) is 5.69. The highest BCUT2D eigenvalue weighted by atomic mass is 32.2. The molecule has 6 nitrogen and oxygen atoms in total. The van der Waals surface area contributed by atoms with Crippen molar-refractivity contribution in [2.75, 3.05) is 18.0 Å². The number of hydrogen-bond donors (Lipinski definition) is 1. The smallest absolute Gasteiger partial charge is 0.265 e. The highest BCUT2D eigenvalue weighted by Crippen LogP contribution is 2.42. The van der Waals surface area contributed by atoms with Gasteiger partial charge in [0.05, 0.1) is 23.7 Å². The third kappa shape index (κ3) is 3.88. The second-order valence-electron chi connectivity index (χ2n) is 7.33. The van der Waals surface area contributed by atoms with E-state index in [1.807, 2.05) is 49.4 Å². The number of rotatable bonds is 6. The van der Waals surface area contributed by atoms with Crippen LogP contribution in [0.2, 0.25) is 0 Å². The molecule has 3 aromatic rings. The minimum absolute atomic E-state index is 0.212. The summed E-state index contributed by atoms with van der Waals surface area (Å²) in [5.41, 5.74) is 2.89. The third-order valence-corrected chi connectivity index (χ3v) is 7.28. The van der Waals surface area contributed by atoms with Crippen LogP contribution >= 0.6 is 0 Å². The minimum atomic E-state index is -3.85. The van der Waals surface area contributed by atoms with E-state index in [4.69, 9.17) is 4.74 Å². The number of nitrogens with zero attached hydrogens (tertiary/aromatic N) is 1. The van der Waals surface area contributed by atoms with Crippen LogP contribution in [0.3, 0.4) is 0 Å². The normalized spacial score (nSPS) is 14.8. The number of anilines is 1. The average molecular weight is 437 g/mol. The number of fused-ring (bicyclic) bond motifs is 3. The van der Waals surface area contributed by atoms with Crippen LogP contribution in [-0.4, -0.2) is 28.0 Å². The van der Waals surface area contributed by atoms with Crippen LogP contribution in [0.5, 0.6) is 5.75 Å². The quantitative estimate of drug-likeness (QED) is 0.630. The number of carbonyl (C=O) groups excluding carboxylic acids is 1. The highest BCUT2D eigenvalue weighted by Gasteiger charge is 2.35. The minimum Gasteiger partial charge on any atom is -0.497 e. The standard InChI is InChI=1S/C24H24N2O4S/c1-3-21(17-12-14-18(30-2)15-13-17)25-24(27)16-26-22-10-6-4-8-19(22)20-9-5-7-11-23(20)31(26,28)29/h4-15,21H,3,16H2,1-2H3,(H,25,27)/t21-/m0/s1. The van der Waals surface area contributed by atoms with Gasteiger partial charge in [0.25, 0.3) is 10.0 Å². The molecular formula is C24H24N2O4S. The van der Waals surface area contributed by atoms with Gasteiger partial charge in [0.1, 0.15) is 12.3 Å². The lowest BCUT2D eigenvalue weighted by molar-refractivity contribution is -0.120. The Hall–Kier alpha value is -3.32. The zero-order chi connectivity index (χ0) is 22.0. The van der Waals surface area contributed by atoms with E-state index in [2.05, 4.69) is 5.32 Å². The molecule has 0 bridgehead atoms. The molecule has 1 amide bonds. The van der Waals surface area contributed by atoms with Crippen LogP contribution in [0.4, 0.5) is 5.69 Å². The van der Waals surface area contributed by atoms with Crippen LogP contribution in [0.25, 0.3) is 11.1 Å². The molecule has 1 heterocycles. The summed E-state index contributed by atoms with van der Waals surface area (Å²) in [6, 6.07) is 21.4. The van der Waals surface area contributed by atoms with Crippen molar-refractivity contribution in [3.05, 3.63) is 78.4 Å². The Bertz CT molecular complexity index is 1210. The summed E-state index contributed by atoms with van der Waals surface area (Å²) in [5, 5.41) is 2.97. The summed E-state index contributed by atoms with van der Waals surface area (Å²) in [6.07, 6.45) is 0.671. The van der Waals surface area contributed by atoms with Gasteiger partial charge in [-0.2, -0.15) is 0 Å². The number of carbonyl (C=O) groups is 1. The van der Waals surface area contributed by atoms with Crippen molar-refractivity contribution >= 4 is 21.6 Å². The fourth-order valence-corrected chi connectivity index (χ4v) is 5.53. The van der Waals surface area contributed by atoms with Crippen molar-refractivity contribution in [3.8, 4) is 16.9 Å². The van der Waals surface area contributed by atoms with Crippen molar-refractivity contribution in [2.45, 2.75) is 24.3 Å². The predicted octanol–water partition coefficient (Wildman–Crippen LogP) is 4.14. The summed E-state index contributed by atoms with van der Waals surface area (Å²) in [6.45, 7) is 1.68. The molecule has 3 aromatic carbocycles. The molecule has 0 unspecified atom stereocenters. The summed E-state index contributed by atoms with van der Waals surface area (Å²) in [7, 11) is -2.25. The maximum atomic E-state index is 13.3. The fraction of sp³-hybridized carbons (Fsp3) is 0.208. The molecule has 0 aromatic heterocycles. The van der Waals surface area contributed by atoms with Crippen molar-refractivity contribution in [1.82, 2.24) is 5.32 Å². The lowest BCUT2D eigenvalue weighted by atomic mass is 10.0. The van der Waals surface area contributed by atoms with Crippen LogP contribution < -0.4 is 14.4 Å². The van der Waals surface area contributed by atoms with Gasteiger partial charge in [0, 0.05) is 11.1 Å². The number of ether oxygens (including phenoxy) is 1. The Balaban J connectivity index is 1.61. The van der Waals surface area contributed by atoms with Crippen LogP contribution in [-0.2, 0) is 14.8 Å². The largest absolute Gasteiger partial charge is 0.497 e. The van der Waals surface area contributed by atoms with Crippen molar-refractivity contribution in [3.63, 3.8) is 0 Å². The SMILES string of the molecule is CC[C@H](NC(=O)CN1c2ccccc2-c2ccccc2S1(=O)=O)c1ccc(OC)cc1. The summed E-state index contributed by atoms with van der Waals surface area (Å²) >= 11 is 0. The van der Waals surface area contributed by atoms with Gasteiger partial charge in [-0.05, 0) is 36.2 Å². The second-order valence-corrected chi connectivity index (χ2v) is 9.16. The molecule has 160 valence electrons. The molecule has 1 aliphatic rings. The topological polar surface area (TPSA) is 75.7 Å². The molecule has 0 spiro atoms. The van der Waals surface area contributed by atoms with Gasteiger partial charge in [0.15, 0.2) is 0 Å². The number of sulfonamides is 1. The molecule has 0 saturated carbocycles. The molecule has 1 N–H and O–H groups in total. The first-order valence-corrected chi connectivity index (χ1v) is 11.5. The van der Waals surface area contributed by atoms with Gasteiger partial charge in [-0.25, -0.2) is 8.42 Å². The molecule has 1 atom stereocenters. The Morgan fingerprint density at radius 3 is 2.29 bits per heavy atom. The van der Waals surface area contributed by atoms with Crippen LogP contribution in [0.1, 0.15) is 24.9 Å². The molecule has 0 aliphatic carbocycles. The molecular weight excluding hydrogens is 412 g/mol. The van der Waals surface area contributed by atoms with Crippen LogP contribution in [0.15, 0.2) is 77.7 Å². The van der Waals surface area contributed by atoms with E-state index < -0.39 is 10.0 Å². The van der Waals surface area contributed by atoms with Crippen LogP contribution in [0, 0.1) is 0 Å². The Morgan fingerprint density at radius 2 is 1.61 bits per heavy atom. The molecule has 1 aliphatic heterocycles. The Morgan fingerprint density at radius 1 is 0.968 bits per heavy atom. The predicted molar refractivity (Wildman–Crippen MR) is 121 cm³/mol. The van der Waals surface area contributed by atoms with Gasteiger partial charge >= 0.3 is 0 Å². The van der Waals surface area contributed by atoms with Crippen molar-refractivity contribution in [2.24, 2.45) is 0 Å². The molecule has 0 radical (unpaired) electrons. The zero-order valence-electron chi connectivity index (χ0n) is 17.4. The summed E-state index contributed by atoms with van der Waals surface area (Å²) in [5.74, 6) is 0.375. The zero-order valence-corrected chi connectivity index (χ0v) is 18.2. The van der Waals surface area contributed by atoms with Gasteiger partial charge in [-0.1, -0.05) is 55.5 Å². The van der Waals surface area contributed by atoms with E-state index in [-0.39, 0.29) is 23.4 Å². The van der Waals surface area contributed by atoms with Gasteiger partial charge in [-0.15, -0.1) is 0 Å². The van der Waals surface area contributed by atoms with E-state index in [0.717, 1.165) is 16.9 Å². The maximum Gasteiger partial charge on any atom is 0.265 e. The molecule has 0 saturated heterocycles. The van der Waals surface area contributed by atoms with E-state index >= 15 is 0 Å².